The third-order valence-corrected chi connectivity index (χ3v) is 6.21. The first-order valence-corrected chi connectivity index (χ1v) is 10.9. The molecule has 2 aromatic rings. The number of anilines is 1. The number of aromatic nitrogens is 2. The molecule has 4 rings (SSSR count). The number of carbonyl (C=O) groups excluding carboxylic acids is 1. The average Bonchev–Trinajstić information content (AvgIpc) is 3.16. The van der Waals surface area contributed by atoms with Crippen molar-refractivity contribution in [3.05, 3.63) is 47.7 Å². The average molecular weight is 398 g/mol. The summed E-state index contributed by atoms with van der Waals surface area (Å²) in [6.07, 6.45) is 5.68. The largest absolute Gasteiger partial charge is 0.356 e. The Bertz CT molecular complexity index is 825. The zero-order valence-corrected chi connectivity index (χ0v) is 17.3. The van der Waals surface area contributed by atoms with Gasteiger partial charge in [-0.3, -0.25) is 4.79 Å². The molecule has 1 aliphatic heterocycles. The summed E-state index contributed by atoms with van der Waals surface area (Å²) in [4.78, 5) is 12.2. The van der Waals surface area contributed by atoms with Crippen LogP contribution in [-0.4, -0.2) is 46.3 Å². The van der Waals surface area contributed by atoms with E-state index in [9.17, 15) is 4.79 Å². The fraction of sp³-hybridized carbons (Fsp3) is 0.476. The first-order valence-electron chi connectivity index (χ1n) is 9.58. The Morgan fingerprint density at radius 3 is 2.68 bits per heavy atom. The standard InChI is InChI=1S/C16H21N3S.C5H6N2O/c1-13-10-16(18-9-8-15(12-18)20-2)19(17-13)11-14-6-4-3-5-7-14;6-3-5(1-2-5)7-4-8/h3-7,10,15H,8-9,11-12H2,1-2H3;4H,1-2H2,(H,7,8). The van der Waals surface area contributed by atoms with Gasteiger partial charge in [0.1, 0.15) is 11.4 Å². The minimum atomic E-state index is -0.470. The molecule has 0 bridgehead atoms. The molecule has 148 valence electrons. The normalized spacial score (nSPS) is 19.3. The Morgan fingerprint density at radius 2 is 2.14 bits per heavy atom. The van der Waals surface area contributed by atoms with Gasteiger partial charge >= 0.3 is 0 Å². The van der Waals surface area contributed by atoms with Gasteiger partial charge in [0, 0.05) is 24.4 Å². The van der Waals surface area contributed by atoms with Crippen molar-refractivity contribution in [2.24, 2.45) is 0 Å². The number of nitriles is 1. The Morgan fingerprint density at radius 1 is 1.39 bits per heavy atom. The summed E-state index contributed by atoms with van der Waals surface area (Å²) in [5, 5.41) is 16.2. The molecular weight excluding hydrogens is 370 g/mol. The lowest BCUT2D eigenvalue weighted by molar-refractivity contribution is -0.110. The van der Waals surface area contributed by atoms with Crippen molar-refractivity contribution in [1.82, 2.24) is 15.1 Å². The van der Waals surface area contributed by atoms with Crippen LogP contribution in [0.5, 0.6) is 0 Å². The maximum atomic E-state index is 9.76. The minimum absolute atomic E-state index is 0.470. The molecule has 6 nitrogen and oxygen atoms in total. The van der Waals surface area contributed by atoms with E-state index in [-0.39, 0.29) is 0 Å². The number of hydrogen-bond acceptors (Lipinski definition) is 5. The van der Waals surface area contributed by atoms with E-state index in [4.69, 9.17) is 5.26 Å². The highest BCUT2D eigenvalue weighted by Crippen LogP contribution is 2.33. The van der Waals surface area contributed by atoms with Gasteiger partial charge in [-0.15, -0.1) is 0 Å². The van der Waals surface area contributed by atoms with Crippen LogP contribution in [0.4, 0.5) is 5.82 Å². The molecule has 2 fully saturated rings. The van der Waals surface area contributed by atoms with Gasteiger partial charge in [-0.25, -0.2) is 4.68 Å². The molecule has 1 aromatic carbocycles. The predicted octanol–water partition coefficient (Wildman–Crippen LogP) is 2.97. The van der Waals surface area contributed by atoms with Crippen molar-refractivity contribution >= 4 is 24.0 Å². The van der Waals surface area contributed by atoms with Crippen LogP contribution in [0.2, 0.25) is 0 Å². The van der Waals surface area contributed by atoms with Crippen LogP contribution >= 0.6 is 11.8 Å². The van der Waals surface area contributed by atoms with Crippen molar-refractivity contribution in [2.75, 3.05) is 24.2 Å². The molecule has 2 aliphatic rings. The highest BCUT2D eigenvalue weighted by atomic mass is 32.2. The number of aryl methyl sites for hydroxylation is 1. The maximum absolute atomic E-state index is 9.76. The Labute approximate surface area is 170 Å². The fourth-order valence-corrected chi connectivity index (χ4v) is 3.98. The Hall–Kier alpha value is -2.46. The predicted molar refractivity (Wildman–Crippen MR) is 113 cm³/mol. The summed E-state index contributed by atoms with van der Waals surface area (Å²) in [6, 6.07) is 14.8. The molecule has 0 spiro atoms. The number of amides is 1. The van der Waals surface area contributed by atoms with Crippen LogP contribution in [-0.2, 0) is 11.3 Å². The molecule has 1 unspecified atom stereocenters. The summed E-state index contributed by atoms with van der Waals surface area (Å²) >= 11 is 1.98. The van der Waals surface area contributed by atoms with E-state index in [1.165, 1.54) is 17.8 Å². The maximum Gasteiger partial charge on any atom is 0.208 e. The van der Waals surface area contributed by atoms with Gasteiger partial charge in [0.25, 0.3) is 0 Å². The fourth-order valence-electron chi connectivity index (χ4n) is 3.31. The lowest BCUT2D eigenvalue weighted by Crippen LogP contribution is -2.27. The Kier molecular flexibility index (Phi) is 6.63. The van der Waals surface area contributed by atoms with Crippen molar-refractivity contribution < 1.29 is 4.79 Å². The van der Waals surface area contributed by atoms with Gasteiger partial charge in [-0.1, -0.05) is 30.3 Å². The smallest absolute Gasteiger partial charge is 0.208 e. The second-order valence-corrected chi connectivity index (χ2v) is 8.47. The monoisotopic (exact) mass is 397 g/mol. The molecule has 1 saturated carbocycles. The minimum Gasteiger partial charge on any atom is -0.356 e. The highest BCUT2D eigenvalue weighted by Gasteiger charge is 2.42. The van der Waals surface area contributed by atoms with Crippen LogP contribution in [0, 0.1) is 18.3 Å². The molecule has 1 saturated heterocycles. The molecule has 1 atom stereocenters. The van der Waals surface area contributed by atoms with E-state index in [2.05, 4.69) is 69.6 Å². The number of nitrogens with zero attached hydrogens (tertiary/aromatic N) is 4. The summed E-state index contributed by atoms with van der Waals surface area (Å²) in [7, 11) is 0. The summed E-state index contributed by atoms with van der Waals surface area (Å²) < 4.78 is 2.15. The number of carbonyl (C=O) groups is 1. The topological polar surface area (TPSA) is 74.0 Å². The number of hydrogen-bond donors (Lipinski definition) is 1. The van der Waals surface area contributed by atoms with E-state index in [0.717, 1.165) is 43.4 Å². The van der Waals surface area contributed by atoms with E-state index in [1.54, 1.807) is 0 Å². The summed E-state index contributed by atoms with van der Waals surface area (Å²) in [5.41, 5.74) is 1.93. The van der Waals surface area contributed by atoms with Crippen molar-refractivity contribution in [3.63, 3.8) is 0 Å². The number of rotatable bonds is 6. The van der Waals surface area contributed by atoms with Gasteiger partial charge in [0.15, 0.2) is 0 Å². The van der Waals surface area contributed by atoms with Crippen LogP contribution in [0.3, 0.4) is 0 Å². The van der Waals surface area contributed by atoms with E-state index >= 15 is 0 Å². The lowest BCUT2D eigenvalue weighted by atomic mass is 10.2. The van der Waals surface area contributed by atoms with E-state index < -0.39 is 5.54 Å². The van der Waals surface area contributed by atoms with Gasteiger partial charge < -0.3 is 10.2 Å². The van der Waals surface area contributed by atoms with Crippen LogP contribution in [0.1, 0.15) is 30.5 Å². The quantitative estimate of drug-likeness (QED) is 0.759. The van der Waals surface area contributed by atoms with Gasteiger partial charge in [-0.2, -0.15) is 22.1 Å². The first kappa shape index (κ1) is 20.3. The van der Waals surface area contributed by atoms with E-state index in [1.807, 2.05) is 17.8 Å². The van der Waals surface area contributed by atoms with Crippen LogP contribution in [0.15, 0.2) is 36.4 Å². The zero-order valence-electron chi connectivity index (χ0n) is 16.5. The SMILES string of the molecule is CSC1CCN(c2cc(C)nn2Cc2ccccc2)C1.N#CC1(NC=O)CC1. The van der Waals surface area contributed by atoms with Crippen molar-refractivity contribution in [1.29, 1.82) is 5.26 Å². The van der Waals surface area contributed by atoms with Gasteiger partial charge in [0.05, 0.1) is 18.3 Å². The third kappa shape index (κ3) is 5.08. The lowest BCUT2D eigenvalue weighted by Gasteiger charge is -2.19. The van der Waals surface area contributed by atoms with Crippen molar-refractivity contribution in [3.8, 4) is 6.07 Å². The zero-order chi connectivity index (χ0) is 20.0. The number of thioether (sulfide) groups is 1. The molecule has 1 N–H and O–H groups in total. The molecular formula is C21H27N5OS. The number of benzene rings is 1. The molecule has 7 heteroatoms. The summed E-state index contributed by atoms with van der Waals surface area (Å²) in [5.74, 6) is 1.27. The first-order chi connectivity index (χ1) is 13.6. The highest BCUT2D eigenvalue weighted by molar-refractivity contribution is 7.99. The van der Waals surface area contributed by atoms with E-state index in [0.29, 0.717) is 6.41 Å². The molecule has 2 heterocycles. The number of nitrogens with one attached hydrogen (secondary N) is 1. The molecule has 28 heavy (non-hydrogen) atoms. The summed E-state index contributed by atoms with van der Waals surface area (Å²) in [6.45, 7) is 5.21. The second kappa shape index (κ2) is 9.16. The molecule has 1 aliphatic carbocycles. The van der Waals surface area contributed by atoms with Gasteiger partial charge in [0.2, 0.25) is 6.41 Å². The van der Waals surface area contributed by atoms with Crippen LogP contribution in [0.25, 0.3) is 0 Å². The van der Waals surface area contributed by atoms with Crippen molar-refractivity contribution in [2.45, 2.75) is 43.5 Å². The molecule has 0 radical (unpaired) electrons. The second-order valence-electron chi connectivity index (χ2n) is 7.34. The van der Waals surface area contributed by atoms with Gasteiger partial charge in [-0.05, 0) is 38.0 Å². The third-order valence-electron chi connectivity index (χ3n) is 5.16. The molecule has 1 amide bonds. The van der Waals surface area contributed by atoms with Crippen LogP contribution < -0.4 is 10.2 Å². The molecule has 1 aromatic heterocycles. The Balaban J connectivity index is 0.000000236.